The van der Waals surface area contributed by atoms with Gasteiger partial charge < -0.3 is 10.2 Å². The predicted octanol–water partition coefficient (Wildman–Crippen LogP) is 7.22. The molecule has 2 nitrogen and oxygen atoms in total. The summed E-state index contributed by atoms with van der Waals surface area (Å²) >= 11 is 0. The van der Waals surface area contributed by atoms with Crippen molar-refractivity contribution in [3.05, 3.63) is 0 Å². The Morgan fingerprint density at radius 3 is 2.00 bits per heavy atom. The molecule has 0 aliphatic heterocycles. The first kappa shape index (κ1) is 23.7. The molecule has 0 amide bonds. The van der Waals surface area contributed by atoms with Gasteiger partial charge in [-0.15, -0.1) is 0 Å². The van der Waals surface area contributed by atoms with E-state index in [0.717, 1.165) is 24.7 Å². The van der Waals surface area contributed by atoms with E-state index in [-0.39, 0.29) is 11.5 Å². The molecular formula is C30H52O2. The van der Waals surface area contributed by atoms with Gasteiger partial charge in [0.15, 0.2) is 0 Å². The molecule has 184 valence electrons. The summed E-state index contributed by atoms with van der Waals surface area (Å²) in [6, 6.07) is 0. The molecule has 0 unspecified atom stereocenters. The van der Waals surface area contributed by atoms with Crippen molar-refractivity contribution < 1.29 is 10.2 Å². The SMILES string of the molecule is C[C@H]1[C@@H]2[C@H]3CC[C@@H]4[C@@]5(C)CC[C@H](O)C(C)(C)[C@@H]5CC[C@@]4(C)[C@]3(C)CC[C@@]2(C)CC[C@]1(C)O. The molecule has 2 heteroatoms. The zero-order valence-corrected chi connectivity index (χ0v) is 22.4. The lowest BCUT2D eigenvalue weighted by atomic mass is 9.31. The molecule has 32 heavy (non-hydrogen) atoms. The highest BCUT2D eigenvalue weighted by Gasteiger charge is 2.70. The van der Waals surface area contributed by atoms with Crippen LogP contribution in [-0.2, 0) is 0 Å². The number of aliphatic hydroxyl groups excluding tert-OH is 1. The molecule has 2 N–H and O–H groups in total. The van der Waals surface area contributed by atoms with Crippen LogP contribution < -0.4 is 0 Å². The summed E-state index contributed by atoms with van der Waals surface area (Å²) in [6.07, 6.45) is 12.3. The van der Waals surface area contributed by atoms with E-state index in [4.69, 9.17) is 0 Å². The molecule has 0 heterocycles. The zero-order valence-electron chi connectivity index (χ0n) is 22.4. The lowest BCUT2D eigenvalue weighted by Crippen LogP contribution is -2.68. The molecule has 0 aromatic heterocycles. The fourth-order valence-corrected chi connectivity index (χ4v) is 11.6. The van der Waals surface area contributed by atoms with Crippen LogP contribution in [0.3, 0.4) is 0 Å². The second kappa shape index (κ2) is 6.77. The first-order chi connectivity index (χ1) is 14.6. The van der Waals surface area contributed by atoms with Crippen LogP contribution in [0.25, 0.3) is 0 Å². The van der Waals surface area contributed by atoms with Crippen LogP contribution in [0.4, 0.5) is 0 Å². The van der Waals surface area contributed by atoms with Crippen LogP contribution >= 0.6 is 0 Å². The van der Waals surface area contributed by atoms with Crippen LogP contribution in [0.2, 0.25) is 0 Å². The summed E-state index contributed by atoms with van der Waals surface area (Å²) in [5, 5.41) is 22.2. The molecular weight excluding hydrogens is 392 g/mol. The van der Waals surface area contributed by atoms with Crippen molar-refractivity contribution in [2.45, 2.75) is 131 Å². The first-order valence-corrected chi connectivity index (χ1v) is 14.0. The number of hydrogen-bond acceptors (Lipinski definition) is 2. The van der Waals surface area contributed by atoms with Crippen molar-refractivity contribution >= 4 is 0 Å². The van der Waals surface area contributed by atoms with Crippen molar-refractivity contribution in [2.24, 2.45) is 56.7 Å². The van der Waals surface area contributed by atoms with Crippen molar-refractivity contribution in [3.8, 4) is 0 Å². The van der Waals surface area contributed by atoms with Gasteiger partial charge in [-0.1, -0.05) is 48.5 Å². The van der Waals surface area contributed by atoms with Gasteiger partial charge in [0.05, 0.1) is 11.7 Å². The van der Waals surface area contributed by atoms with Gasteiger partial charge in [-0.05, 0) is 128 Å². The lowest BCUT2D eigenvalue weighted by Gasteiger charge is -2.74. The number of rotatable bonds is 0. The lowest BCUT2D eigenvalue weighted by molar-refractivity contribution is -0.264. The summed E-state index contributed by atoms with van der Waals surface area (Å²) < 4.78 is 0. The molecule has 0 aromatic carbocycles. The minimum Gasteiger partial charge on any atom is -0.393 e. The van der Waals surface area contributed by atoms with Gasteiger partial charge in [-0.2, -0.15) is 0 Å². The molecule has 0 bridgehead atoms. The Labute approximate surface area is 198 Å². The van der Waals surface area contributed by atoms with Crippen LogP contribution in [0, 0.1) is 56.7 Å². The van der Waals surface area contributed by atoms with Crippen molar-refractivity contribution in [1.82, 2.24) is 0 Å². The largest absolute Gasteiger partial charge is 0.393 e. The van der Waals surface area contributed by atoms with Gasteiger partial charge in [0.1, 0.15) is 0 Å². The Hall–Kier alpha value is -0.0800. The fourth-order valence-electron chi connectivity index (χ4n) is 11.6. The highest BCUT2D eigenvalue weighted by atomic mass is 16.3. The summed E-state index contributed by atoms with van der Waals surface area (Å²) in [7, 11) is 0. The highest BCUT2D eigenvalue weighted by Crippen LogP contribution is 2.77. The Morgan fingerprint density at radius 2 is 1.31 bits per heavy atom. The standard InChI is InChI=1S/C30H52O2/c1-19-24-20-9-10-22-27(5)13-12-23(31)25(2,3)21(27)11-14-29(22,7)28(20,6)17-15-26(24,4)16-18-30(19,8)32/h19-24,31-32H,9-18H2,1-8H3/t19-,20+,21-,22+,23-,24+,26-,27-,28+,29+,30-/m0/s1. The van der Waals surface area contributed by atoms with E-state index in [2.05, 4.69) is 55.4 Å². The Kier molecular flexibility index (Phi) is 5.01. The highest BCUT2D eigenvalue weighted by molar-refractivity contribution is 5.19. The predicted molar refractivity (Wildman–Crippen MR) is 132 cm³/mol. The molecule has 5 rings (SSSR count). The summed E-state index contributed by atoms with van der Waals surface area (Å²) in [5.41, 5.74) is 1.04. The molecule has 0 saturated heterocycles. The molecule has 0 aromatic rings. The monoisotopic (exact) mass is 444 g/mol. The topological polar surface area (TPSA) is 40.5 Å². The first-order valence-electron chi connectivity index (χ1n) is 14.0. The van der Waals surface area contributed by atoms with E-state index in [1.165, 1.54) is 51.4 Å². The maximum atomic E-state index is 11.3. The Bertz CT molecular complexity index is 771. The van der Waals surface area contributed by atoms with Crippen molar-refractivity contribution in [2.75, 3.05) is 0 Å². The van der Waals surface area contributed by atoms with E-state index >= 15 is 0 Å². The fraction of sp³-hybridized carbons (Fsp3) is 1.00. The third-order valence-electron chi connectivity index (χ3n) is 14.1. The van der Waals surface area contributed by atoms with Crippen LogP contribution in [-0.4, -0.2) is 21.9 Å². The van der Waals surface area contributed by atoms with E-state index in [0.29, 0.717) is 39.4 Å². The van der Waals surface area contributed by atoms with E-state index in [9.17, 15) is 10.2 Å². The van der Waals surface area contributed by atoms with Crippen molar-refractivity contribution in [1.29, 1.82) is 0 Å². The van der Waals surface area contributed by atoms with Crippen molar-refractivity contribution in [3.63, 3.8) is 0 Å². The number of aliphatic hydroxyl groups is 2. The summed E-state index contributed by atoms with van der Waals surface area (Å²) in [6.45, 7) is 19.8. The third kappa shape index (κ3) is 2.72. The average Bonchev–Trinajstić information content (AvgIpc) is 2.70. The number of fused-ring (bicyclic) bond motifs is 7. The third-order valence-corrected chi connectivity index (χ3v) is 14.1. The van der Waals surface area contributed by atoms with Crippen LogP contribution in [0.15, 0.2) is 0 Å². The van der Waals surface area contributed by atoms with Gasteiger partial charge in [0.25, 0.3) is 0 Å². The molecule has 5 aliphatic rings. The summed E-state index contributed by atoms with van der Waals surface area (Å²) in [5.74, 6) is 3.19. The minimum atomic E-state index is -0.507. The van der Waals surface area contributed by atoms with Gasteiger partial charge in [0, 0.05) is 0 Å². The Balaban J connectivity index is 1.54. The second-order valence-electron chi connectivity index (χ2n) is 15.4. The van der Waals surface area contributed by atoms with Gasteiger partial charge in [-0.25, -0.2) is 0 Å². The van der Waals surface area contributed by atoms with E-state index in [1.807, 2.05) is 0 Å². The molecule has 5 saturated carbocycles. The smallest absolute Gasteiger partial charge is 0.0648 e. The molecule has 5 aliphatic carbocycles. The minimum absolute atomic E-state index is 0.0355. The van der Waals surface area contributed by atoms with E-state index in [1.54, 1.807) is 0 Å². The molecule has 0 spiro atoms. The van der Waals surface area contributed by atoms with Crippen LogP contribution in [0.5, 0.6) is 0 Å². The normalized spacial score (nSPS) is 61.7. The Morgan fingerprint density at radius 1 is 0.656 bits per heavy atom. The maximum Gasteiger partial charge on any atom is 0.0648 e. The molecule has 0 radical (unpaired) electrons. The van der Waals surface area contributed by atoms with Crippen LogP contribution in [0.1, 0.15) is 120 Å². The summed E-state index contributed by atoms with van der Waals surface area (Å²) in [4.78, 5) is 0. The quantitative estimate of drug-likeness (QED) is 0.414. The molecule has 5 fully saturated rings. The second-order valence-corrected chi connectivity index (χ2v) is 15.4. The average molecular weight is 445 g/mol. The van der Waals surface area contributed by atoms with E-state index < -0.39 is 5.60 Å². The van der Waals surface area contributed by atoms with Gasteiger partial charge in [-0.3, -0.25) is 0 Å². The molecule has 11 atom stereocenters. The maximum absolute atomic E-state index is 11.3. The number of hydrogen-bond donors (Lipinski definition) is 2. The van der Waals surface area contributed by atoms with Gasteiger partial charge in [0.2, 0.25) is 0 Å². The zero-order chi connectivity index (χ0) is 23.5. The van der Waals surface area contributed by atoms with Gasteiger partial charge >= 0.3 is 0 Å².